The van der Waals surface area contributed by atoms with Gasteiger partial charge in [-0.15, -0.1) is 0 Å². The number of benzene rings is 1. The maximum Gasteiger partial charge on any atom is 0.347 e. The zero-order valence-electron chi connectivity index (χ0n) is 11.3. The fraction of sp³-hybridized carbons (Fsp3) is 0.462. The van der Waals surface area contributed by atoms with Crippen molar-refractivity contribution in [3.8, 4) is 5.75 Å². The Kier molecular flexibility index (Phi) is 5.92. The third-order valence-electron chi connectivity index (χ3n) is 2.53. The van der Waals surface area contributed by atoms with E-state index in [9.17, 15) is 26.7 Å². The van der Waals surface area contributed by atoms with Crippen molar-refractivity contribution in [1.29, 1.82) is 0 Å². The van der Waals surface area contributed by atoms with Crippen LogP contribution in [0.2, 0.25) is 0 Å². The number of ether oxygens (including phenoxy) is 2. The normalized spacial score (nSPS) is 12.1. The Labute approximate surface area is 117 Å². The molecule has 0 aliphatic heterocycles. The zero-order valence-corrected chi connectivity index (χ0v) is 11.3. The van der Waals surface area contributed by atoms with E-state index >= 15 is 0 Å². The van der Waals surface area contributed by atoms with E-state index in [-0.39, 0.29) is 13.0 Å². The first-order valence-electron chi connectivity index (χ1n) is 6.19. The van der Waals surface area contributed by atoms with Crippen LogP contribution in [0.5, 0.6) is 5.75 Å². The van der Waals surface area contributed by atoms with Gasteiger partial charge >= 0.3 is 5.97 Å². The number of hydrogen-bond acceptors (Lipinski definition) is 3. The molecule has 0 bridgehead atoms. The third kappa shape index (κ3) is 3.62. The Morgan fingerprint density at radius 3 is 1.86 bits per heavy atom. The monoisotopic (exact) mass is 312 g/mol. The van der Waals surface area contributed by atoms with Crippen molar-refractivity contribution in [2.24, 2.45) is 0 Å². The second-order valence-electron chi connectivity index (χ2n) is 4.05. The number of rotatable bonds is 6. The predicted octanol–water partition coefficient (Wildman–Crippen LogP) is 3.49. The summed E-state index contributed by atoms with van der Waals surface area (Å²) in [5, 5.41) is 0. The van der Waals surface area contributed by atoms with Gasteiger partial charge in [-0.05, 0) is 13.3 Å². The highest BCUT2D eigenvalue weighted by Gasteiger charge is 2.31. The molecule has 3 nitrogen and oxygen atoms in total. The largest absolute Gasteiger partial charge is 0.472 e. The summed E-state index contributed by atoms with van der Waals surface area (Å²) >= 11 is 0. The van der Waals surface area contributed by atoms with Crippen molar-refractivity contribution >= 4 is 5.97 Å². The smallest absolute Gasteiger partial charge is 0.347 e. The molecule has 1 aromatic rings. The lowest BCUT2D eigenvalue weighted by Crippen LogP contribution is -2.30. The van der Waals surface area contributed by atoms with Crippen LogP contribution in [-0.2, 0) is 9.53 Å². The van der Waals surface area contributed by atoms with Crippen LogP contribution in [0.3, 0.4) is 0 Å². The molecule has 0 aromatic heterocycles. The van der Waals surface area contributed by atoms with Gasteiger partial charge in [0.15, 0.2) is 11.9 Å². The van der Waals surface area contributed by atoms with Gasteiger partial charge < -0.3 is 9.47 Å². The minimum Gasteiger partial charge on any atom is -0.472 e. The highest BCUT2D eigenvalue weighted by atomic mass is 19.2. The molecule has 118 valence electrons. The van der Waals surface area contributed by atoms with Gasteiger partial charge in [-0.1, -0.05) is 13.3 Å². The predicted molar refractivity (Wildman–Crippen MR) is 62.2 cm³/mol. The first-order chi connectivity index (χ1) is 9.84. The van der Waals surface area contributed by atoms with Crippen molar-refractivity contribution in [2.45, 2.75) is 32.8 Å². The first kappa shape index (κ1) is 17.2. The van der Waals surface area contributed by atoms with Crippen LogP contribution in [0, 0.1) is 29.1 Å². The molecule has 1 rings (SSSR count). The van der Waals surface area contributed by atoms with Crippen LogP contribution >= 0.6 is 0 Å². The van der Waals surface area contributed by atoms with Gasteiger partial charge in [-0.2, -0.15) is 8.78 Å². The molecule has 0 aliphatic carbocycles. The molecule has 0 heterocycles. The van der Waals surface area contributed by atoms with E-state index in [4.69, 9.17) is 0 Å². The summed E-state index contributed by atoms with van der Waals surface area (Å²) in [6.45, 7) is 3.13. The fourth-order valence-corrected chi connectivity index (χ4v) is 1.55. The standard InChI is InChI=1S/C13H13F5O3/c1-3-5-6(13(19)20-4-2)21-12-10(17)8(15)7(14)9(16)11(12)18/h6H,3-5H2,1-2H3. The van der Waals surface area contributed by atoms with E-state index in [2.05, 4.69) is 9.47 Å². The number of carbonyl (C=O) groups is 1. The van der Waals surface area contributed by atoms with Crippen LogP contribution in [-0.4, -0.2) is 18.7 Å². The Balaban J connectivity index is 3.18. The molecule has 8 heteroatoms. The molecule has 0 amide bonds. The van der Waals surface area contributed by atoms with Gasteiger partial charge in [-0.25, -0.2) is 18.0 Å². The quantitative estimate of drug-likeness (QED) is 0.349. The zero-order chi connectivity index (χ0) is 16.2. The average Bonchev–Trinajstić information content (AvgIpc) is 2.46. The molecule has 1 aromatic carbocycles. The second-order valence-corrected chi connectivity index (χ2v) is 4.05. The summed E-state index contributed by atoms with van der Waals surface area (Å²) in [7, 11) is 0. The minimum absolute atomic E-state index is 0.00166. The summed E-state index contributed by atoms with van der Waals surface area (Å²) in [6.07, 6.45) is -1.08. The molecule has 0 radical (unpaired) electrons. The minimum atomic E-state index is -2.29. The summed E-state index contributed by atoms with van der Waals surface area (Å²) in [6, 6.07) is 0. The van der Waals surface area contributed by atoms with Crippen molar-refractivity contribution < 1.29 is 36.2 Å². The molecule has 21 heavy (non-hydrogen) atoms. The number of esters is 1. The molecule has 0 fully saturated rings. The van der Waals surface area contributed by atoms with Gasteiger partial charge in [0.1, 0.15) is 0 Å². The Hall–Kier alpha value is -1.86. The van der Waals surface area contributed by atoms with Gasteiger partial charge in [-0.3, -0.25) is 0 Å². The lowest BCUT2D eigenvalue weighted by molar-refractivity contribution is -0.151. The van der Waals surface area contributed by atoms with Crippen molar-refractivity contribution in [3.05, 3.63) is 29.1 Å². The summed E-state index contributed by atoms with van der Waals surface area (Å²) in [5.74, 6) is -13.2. The fourth-order valence-electron chi connectivity index (χ4n) is 1.55. The molecule has 1 unspecified atom stereocenters. The van der Waals surface area contributed by atoms with Crippen LogP contribution in [0.15, 0.2) is 0 Å². The van der Waals surface area contributed by atoms with E-state index in [1.165, 1.54) is 6.92 Å². The maximum absolute atomic E-state index is 13.5. The lowest BCUT2D eigenvalue weighted by atomic mass is 10.2. The second kappa shape index (κ2) is 7.24. The van der Waals surface area contributed by atoms with Crippen molar-refractivity contribution in [1.82, 2.24) is 0 Å². The summed E-state index contributed by atoms with van der Waals surface area (Å²) in [4.78, 5) is 11.5. The number of carbonyl (C=O) groups excluding carboxylic acids is 1. The Morgan fingerprint density at radius 1 is 0.952 bits per heavy atom. The maximum atomic E-state index is 13.5. The summed E-state index contributed by atoms with van der Waals surface area (Å²) < 4.78 is 75.2. The highest BCUT2D eigenvalue weighted by molar-refractivity contribution is 5.75. The van der Waals surface area contributed by atoms with Gasteiger partial charge in [0.25, 0.3) is 0 Å². The van der Waals surface area contributed by atoms with Crippen LogP contribution in [0.1, 0.15) is 26.7 Å². The average molecular weight is 312 g/mol. The SMILES string of the molecule is CCCC(Oc1c(F)c(F)c(F)c(F)c1F)C(=O)OCC. The van der Waals surface area contributed by atoms with Crippen LogP contribution in [0.25, 0.3) is 0 Å². The van der Waals surface area contributed by atoms with Crippen molar-refractivity contribution in [3.63, 3.8) is 0 Å². The molecule has 0 N–H and O–H groups in total. The Bertz CT molecular complexity index is 504. The van der Waals surface area contributed by atoms with E-state index in [0.29, 0.717) is 6.42 Å². The molecule has 1 atom stereocenters. The van der Waals surface area contributed by atoms with Crippen LogP contribution < -0.4 is 4.74 Å². The van der Waals surface area contributed by atoms with E-state index < -0.39 is 46.9 Å². The third-order valence-corrected chi connectivity index (χ3v) is 2.53. The molecule has 0 spiro atoms. The van der Waals surface area contributed by atoms with Gasteiger partial charge in [0.05, 0.1) is 6.61 Å². The number of hydrogen-bond donors (Lipinski definition) is 0. The Morgan fingerprint density at radius 2 is 1.43 bits per heavy atom. The number of halogens is 5. The molecule has 0 aliphatic rings. The van der Waals surface area contributed by atoms with Crippen LogP contribution in [0.4, 0.5) is 22.0 Å². The molecular formula is C13H13F5O3. The van der Waals surface area contributed by atoms with E-state index in [1.54, 1.807) is 6.92 Å². The molecular weight excluding hydrogens is 299 g/mol. The molecule has 0 saturated carbocycles. The topological polar surface area (TPSA) is 35.5 Å². The molecule has 0 saturated heterocycles. The van der Waals surface area contributed by atoms with Gasteiger partial charge in [0, 0.05) is 0 Å². The van der Waals surface area contributed by atoms with E-state index in [0.717, 1.165) is 0 Å². The first-order valence-corrected chi connectivity index (χ1v) is 6.19. The lowest BCUT2D eigenvalue weighted by Gasteiger charge is -2.18. The van der Waals surface area contributed by atoms with Crippen molar-refractivity contribution in [2.75, 3.05) is 6.61 Å². The highest BCUT2D eigenvalue weighted by Crippen LogP contribution is 2.30. The van der Waals surface area contributed by atoms with E-state index in [1.807, 2.05) is 0 Å². The summed E-state index contributed by atoms with van der Waals surface area (Å²) in [5.41, 5.74) is 0. The van der Waals surface area contributed by atoms with Gasteiger partial charge in [0.2, 0.25) is 29.1 Å².